The number of hydrogen-bond acceptors (Lipinski definition) is 6. The van der Waals surface area contributed by atoms with E-state index in [1.165, 1.54) is 5.56 Å². The van der Waals surface area contributed by atoms with Crippen LogP contribution in [0.5, 0.6) is 0 Å². The minimum Gasteiger partial charge on any atom is -0.462 e. The molecule has 31 heavy (non-hydrogen) atoms. The molecule has 4 rings (SSSR count). The molecule has 0 bridgehead atoms. The quantitative estimate of drug-likeness (QED) is 0.398. The van der Waals surface area contributed by atoms with Crippen LogP contribution in [0.4, 0.5) is 11.5 Å². The summed E-state index contributed by atoms with van der Waals surface area (Å²) in [5.41, 5.74) is 3.42. The number of aromatic nitrogens is 1. The number of ether oxygens (including phenoxy) is 1. The predicted octanol–water partition coefficient (Wildman–Crippen LogP) is 3.98. The van der Waals surface area contributed by atoms with E-state index in [2.05, 4.69) is 28.6 Å². The monoisotopic (exact) mass is 422 g/mol. The fraction of sp³-hybridized carbons (Fsp3) is 0.458. The predicted molar refractivity (Wildman–Crippen MR) is 120 cm³/mol. The van der Waals surface area contributed by atoms with Crippen LogP contribution >= 0.6 is 0 Å². The van der Waals surface area contributed by atoms with Crippen molar-refractivity contribution >= 4 is 23.4 Å². The van der Waals surface area contributed by atoms with Gasteiger partial charge in [-0.15, -0.1) is 0 Å². The maximum Gasteiger partial charge on any atom is 0.338 e. The maximum absolute atomic E-state index is 12.5. The highest BCUT2D eigenvalue weighted by molar-refractivity contribution is 5.96. The van der Waals surface area contributed by atoms with Gasteiger partial charge in [-0.1, -0.05) is 19.4 Å². The molecule has 2 aromatic rings. The van der Waals surface area contributed by atoms with Crippen LogP contribution in [0.15, 0.2) is 36.5 Å². The molecule has 164 valence electrons. The first-order valence-corrected chi connectivity index (χ1v) is 11.0. The molecule has 1 fully saturated rings. The molecule has 1 unspecified atom stereocenters. The molecule has 3 atom stereocenters. The van der Waals surface area contributed by atoms with Crippen molar-refractivity contribution in [2.75, 3.05) is 23.4 Å². The number of esters is 1. The Morgan fingerprint density at radius 1 is 1.29 bits per heavy atom. The van der Waals surface area contributed by atoms with Crippen LogP contribution < -0.4 is 15.5 Å². The molecule has 2 aliphatic rings. The Balaban J connectivity index is 1.61. The standard InChI is InChI=1S/C24H30N4O3/c1-4-5-10-31-24(30)17-6-8-22-19(12-17)20(11-15(2)28(22)16(3)29)27-23-9-7-18(13-26-23)21-14-25-21/h6-9,12-13,15,20-21,25H,4-5,10-11,14H2,1-3H3,(H,26,27)/t15-,20+,21?/m0/s1. The van der Waals surface area contributed by atoms with Gasteiger partial charge >= 0.3 is 5.97 Å². The molecule has 0 aliphatic carbocycles. The lowest BCUT2D eigenvalue weighted by molar-refractivity contribution is -0.117. The topological polar surface area (TPSA) is 93.5 Å². The first kappa shape index (κ1) is 21.3. The molecule has 0 spiro atoms. The highest BCUT2D eigenvalue weighted by Crippen LogP contribution is 2.39. The van der Waals surface area contributed by atoms with E-state index in [4.69, 9.17) is 4.74 Å². The number of amides is 1. The molecule has 3 heterocycles. The van der Waals surface area contributed by atoms with E-state index in [0.29, 0.717) is 24.6 Å². The Labute approximate surface area is 183 Å². The van der Waals surface area contributed by atoms with E-state index in [1.807, 2.05) is 31.3 Å². The van der Waals surface area contributed by atoms with E-state index in [1.54, 1.807) is 17.9 Å². The number of nitrogens with zero attached hydrogens (tertiary/aromatic N) is 2. The molecule has 1 amide bonds. The van der Waals surface area contributed by atoms with Gasteiger partial charge in [0, 0.05) is 37.4 Å². The number of fused-ring (bicyclic) bond motifs is 1. The minimum absolute atomic E-state index is 0.00937. The van der Waals surface area contributed by atoms with Crippen molar-refractivity contribution in [3.63, 3.8) is 0 Å². The van der Waals surface area contributed by atoms with Gasteiger partial charge in [0.2, 0.25) is 5.91 Å². The second-order valence-corrected chi connectivity index (χ2v) is 8.37. The molecule has 0 radical (unpaired) electrons. The summed E-state index contributed by atoms with van der Waals surface area (Å²) < 4.78 is 5.39. The third-order valence-corrected chi connectivity index (χ3v) is 5.91. The number of rotatable bonds is 7. The second-order valence-electron chi connectivity index (χ2n) is 8.37. The number of unbranched alkanes of at least 4 members (excludes halogenated alkanes) is 1. The minimum atomic E-state index is -0.331. The number of pyridine rings is 1. The normalized spacial score (nSPS) is 21.9. The number of carbonyl (C=O) groups excluding carboxylic acids is 2. The molecule has 1 saturated heterocycles. The Hall–Kier alpha value is -2.93. The van der Waals surface area contributed by atoms with Crippen LogP contribution in [-0.4, -0.2) is 36.1 Å². The highest BCUT2D eigenvalue weighted by atomic mass is 16.5. The van der Waals surface area contributed by atoms with Crippen molar-refractivity contribution in [1.29, 1.82) is 0 Å². The van der Waals surface area contributed by atoms with Crippen LogP contribution in [0.3, 0.4) is 0 Å². The Morgan fingerprint density at radius 3 is 2.74 bits per heavy atom. The number of benzene rings is 1. The van der Waals surface area contributed by atoms with Crippen LogP contribution in [0, 0.1) is 0 Å². The van der Waals surface area contributed by atoms with Crippen molar-refractivity contribution in [2.24, 2.45) is 0 Å². The van der Waals surface area contributed by atoms with E-state index in [9.17, 15) is 9.59 Å². The van der Waals surface area contributed by atoms with Gasteiger partial charge in [-0.3, -0.25) is 4.79 Å². The van der Waals surface area contributed by atoms with Crippen molar-refractivity contribution in [3.05, 3.63) is 53.2 Å². The zero-order valence-corrected chi connectivity index (χ0v) is 18.4. The van der Waals surface area contributed by atoms with Gasteiger partial charge in [-0.25, -0.2) is 9.78 Å². The van der Waals surface area contributed by atoms with E-state index < -0.39 is 0 Å². The molecule has 1 aromatic heterocycles. The molecule has 1 aromatic carbocycles. The second kappa shape index (κ2) is 9.06. The van der Waals surface area contributed by atoms with Gasteiger partial charge in [0.25, 0.3) is 0 Å². The summed E-state index contributed by atoms with van der Waals surface area (Å²) in [4.78, 5) is 31.2. The first-order chi connectivity index (χ1) is 15.0. The zero-order chi connectivity index (χ0) is 22.0. The van der Waals surface area contributed by atoms with Crippen molar-refractivity contribution in [1.82, 2.24) is 10.3 Å². The van der Waals surface area contributed by atoms with Gasteiger partial charge in [0.1, 0.15) is 5.82 Å². The molecule has 7 nitrogen and oxygen atoms in total. The highest BCUT2D eigenvalue weighted by Gasteiger charge is 2.33. The molecular weight excluding hydrogens is 392 g/mol. The van der Waals surface area contributed by atoms with Crippen molar-refractivity contribution < 1.29 is 14.3 Å². The summed E-state index contributed by atoms with van der Waals surface area (Å²) in [6.07, 6.45) is 4.42. The lowest BCUT2D eigenvalue weighted by Gasteiger charge is -2.39. The molecule has 0 saturated carbocycles. The fourth-order valence-corrected chi connectivity index (χ4v) is 4.17. The Kier molecular flexibility index (Phi) is 6.23. The average molecular weight is 423 g/mol. The number of carbonyl (C=O) groups is 2. The van der Waals surface area contributed by atoms with Gasteiger partial charge in [0.15, 0.2) is 0 Å². The summed E-state index contributed by atoms with van der Waals surface area (Å²) in [6.45, 7) is 7.09. The summed E-state index contributed by atoms with van der Waals surface area (Å²) in [6, 6.07) is 9.89. The van der Waals surface area contributed by atoms with Crippen LogP contribution in [-0.2, 0) is 9.53 Å². The Morgan fingerprint density at radius 2 is 2.10 bits per heavy atom. The van der Waals surface area contributed by atoms with E-state index in [-0.39, 0.29) is 24.0 Å². The van der Waals surface area contributed by atoms with E-state index in [0.717, 1.165) is 36.5 Å². The fourth-order valence-electron chi connectivity index (χ4n) is 4.17. The lowest BCUT2D eigenvalue weighted by atomic mass is 9.90. The maximum atomic E-state index is 12.5. The van der Waals surface area contributed by atoms with E-state index >= 15 is 0 Å². The third kappa shape index (κ3) is 4.71. The van der Waals surface area contributed by atoms with Crippen molar-refractivity contribution in [3.8, 4) is 0 Å². The largest absolute Gasteiger partial charge is 0.462 e. The molecular formula is C24H30N4O3. The van der Waals surface area contributed by atoms with Crippen LogP contribution in [0.1, 0.15) is 73.6 Å². The molecule has 7 heteroatoms. The number of anilines is 2. The molecule has 2 N–H and O–H groups in total. The first-order valence-electron chi connectivity index (χ1n) is 11.0. The lowest BCUT2D eigenvalue weighted by Crippen LogP contribution is -2.43. The van der Waals surface area contributed by atoms with Gasteiger partial charge in [0.05, 0.1) is 18.2 Å². The summed E-state index contributed by atoms with van der Waals surface area (Å²) in [7, 11) is 0. The SMILES string of the molecule is CCCCOC(=O)c1ccc2c(c1)[C@H](Nc1ccc(C3CN3)cn1)C[C@H](C)N2C(C)=O. The van der Waals surface area contributed by atoms with Gasteiger partial charge in [-0.2, -0.15) is 0 Å². The molecule has 2 aliphatic heterocycles. The Bertz CT molecular complexity index is 956. The van der Waals surface area contributed by atoms with Crippen LogP contribution in [0.2, 0.25) is 0 Å². The number of hydrogen-bond donors (Lipinski definition) is 2. The zero-order valence-electron chi connectivity index (χ0n) is 18.4. The summed E-state index contributed by atoms with van der Waals surface area (Å²) >= 11 is 0. The third-order valence-electron chi connectivity index (χ3n) is 5.91. The van der Waals surface area contributed by atoms with Gasteiger partial charge < -0.3 is 20.3 Å². The summed E-state index contributed by atoms with van der Waals surface area (Å²) in [5, 5.41) is 6.79. The average Bonchev–Trinajstić information content (AvgIpc) is 3.59. The summed E-state index contributed by atoms with van der Waals surface area (Å²) in [5.74, 6) is 0.437. The van der Waals surface area contributed by atoms with Crippen molar-refractivity contribution in [2.45, 2.75) is 58.2 Å². The number of nitrogens with one attached hydrogen (secondary N) is 2. The van der Waals surface area contributed by atoms with Crippen LogP contribution in [0.25, 0.3) is 0 Å². The smallest absolute Gasteiger partial charge is 0.338 e. The van der Waals surface area contributed by atoms with Gasteiger partial charge in [-0.05, 0) is 55.2 Å².